The monoisotopic (exact) mass is 217 g/mol. The zero-order valence-electron chi connectivity index (χ0n) is 8.78. The molecule has 1 amide bonds. The van der Waals surface area contributed by atoms with Crippen LogP contribution in [0.15, 0.2) is 0 Å². The van der Waals surface area contributed by atoms with Crippen LogP contribution in [0, 0.1) is 0 Å². The van der Waals surface area contributed by atoms with Gasteiger partial charge in [0.05, 0.1) is 14.0 Å². The predicted octanol–water partition coefficient (Wildman–Crippen LogP) is 0.735. The number of rotatable bonds is 7. The number of hydrogen-bond donors (Lipinski definition) is 1. The first-order chi connectivity index (χ1) is 6.60. The van der Waals surface area contributed by atoms with Crippen LogP contribution in [0.1, 0.15) is 13.8 Å². The summed E-state index contributed by atoms with van der Waals surface area (Å²) in [5, 5.41) is 2.61. The van der Waals surface area contributed by atoms with Gasteiger partial charge >= 0.3 is 0 Å². The fourth-order valence-electron chi connectivity index (χ4n) is 0.812. The lowest BCUT2D eigenvalue weighted by molar-refractivity contribution is -0.125. The van der Waals surface area contributed by atoms with Crippen molar-refractivity contribution in [3.05, 3.63) is 0 Å². The summed E-state index contributed by atoms with van der Waals surface area (Å²) in [6.07, 6.45) is 1.36. The van der Waals surface area contributed by atoms with E-state index in [1.54, 1.807) is 6.26 Å². The highest BCUT2D eigenvalue weighted by Crippen LogP contribution is 2.01. The van der Waals surface area contributed by atoms with Crippen LogP contribution in [0.5, 0.6) is 0 Å². The van der Waals surface area contributed by atoms with Gasteiger partial charge in [-0.1, -0.05) is 0 Å². The summed E-state index contributed by atoms with van der Waals surface area (Å²) in [6.45, 7) is 4.09. The molecule has 80 valence electrons. The Hall–Kier alpha value is -0.195. The first-order valence-electron chi connectivity index (χ1n) is 4.40. The van der Waals surface area contributed by atoms with Crippen molar-refractivity contribution in [3.8, 4) is 0 Å². The summed E-state index contributed by atoms with van der Waals surface area (Å²) >= 11 is 1.23. The molecule has 1 N–H and O–H groups in total. The van der Waals surface area contributed by atoms with E-state index >= 15 is 0 Å². The van der Waals surface area contributed by atoms with Gasteiger partial charge in [0.2, 0.25) is 5.91 Å². The van der Waals surface area contributed by atoms with E-state index < -0.39 is 6.23 Å². The molecule has 0 bridgehead atoms. The Balaban J connectivity index is 3.89. The standard InChI is InChI=1S/C8H16BNO3S/c1-6(2)13-8(5-12-14-3)10-7(11)4-9/h6,8H,4-5H2,1-3H3,(H,10,11). The van der Waals surface area contributed by atoms with E-state index in [2.05, 4.69) is 5.32 Å². The first-order valence-corrected chi connectivity index (χ1v) is 5.55. The van der Waals surface area contributed by atoms with E-state index in [9.17, 15) is 4.79 Å². The summed E-state index contributed by atoms with van der Waals surface area (Å²) in [4.78, 5) is 11.0. The fourth-order valence-corrected chi connectivity index (χ4v) is 1.07. The number of ether oxygens (including phenoxy) is 1. The Labute approximate surface area is 90.7 Å². The highest BCUT2D eigenvalue weighted by atomic mass is 32.2. The molecule has 14 heavy (non-hydrogen) atoms. The van der Waals surface area contributed by atoms with E-state index in [0.29, 0.717) is 6.61 Å². The third-order valence-corrected chi connectivity index (χ3v) is 1.65. The van der Waals surface area contributed by atoms with Gasteiger partial charge in [0.1, 0.15) is 6.61 Å². The van der Waals surface area contributed by atoms with Crippen molar-refractivity contribution in [2.24, 2.45) is 0 Å². The van der Waals surface area contributed by atoms with Gasteiger partial charge in [-0.15, -0.1) is 0 Å². The summed E-state index contributed by atoms with van der Waals surface area (Å²) < 4.78 is 10.5. The van der Waals surface area contributed by atoms with Gasteiger partial charge in [0.25, 0.3) is 0 Å². The van der Waals surface area contributed by atoms with Crippen molar-refractivity contribution in [1.82, 2.24) is 5.32 Å². The SMILES string of the molecule is [B]CC(=O)NC(COSC)OC(C)C. The zero-order valence-corrected chi connectivity index (χ0v) is 9.60. The smallest absolute Gasteiger partial charge is 0.213 e. The fraction of sp³-hybridized carbons (Fsp3) is 0.875. The Morgan fingerprint density at radius 3 is 2.64 bits per heavy atom. The molecule has 1 atom stereocenters. The molecule has 4 nitrogen and oxygen atoms in total. The normalized spacial score (nSPS) is 12.9. The maximum Gasteiger partial charge on any atom is 0.213 e. The van der Waals surface area contributed by atoms with Crippen LogP contribution in [0.4, 0.5) is 0 Å². The summed E-state index contributed by atoms with van der Waals surface area (Å²) in [7, 11) is 5.17. The number of carbonyl (C=O) groups excluding carboxylic acids is 1. The Morgan fingerprint density at radius 2 is 2.21 bits per heavy atom. The highest BCUT2D eigenvalue weighted by molar-refractivity contribution is 7.93. The third kappa shape index (κ3) is 7.23. The largest absolute Gasteiger partial charge is 0.353 e. The maximum absolute atomic E-state index is 11.0. The Kier molecular flexibility index (Phi) is 8.03. The molecule has 0 aliphatic rings. The molecule has 0 aliphatic carbocycles. The van der Waals surface area contributed by atoms with Gasteiger partial charge in [-0.25, -0.2) is 0 Å². The van der Waals surface area contributed by atoms with Crippen molar-refractivity contribution in [2.75, 3.05) is 12.9 Å². The lowest BCUT2D eigenvalue weighted by Gasteiger charge is -2.20. The molecule has 1 unspecified atom stereocenters. The van der Waals surface area contributed by atoms with Gasteiger partial charge in [-0.3, -0.25) is 4.79 Å². The molecular formula is C8H16BNO3S. The van der Waals surface area contributed by atoms with Gasteiger partial charge in [-0.05, 0) is 32.2 Å². The minimum atomic E-state index is -0.432. The number of amides is 1. The molecule has 2 radical (unpaired) electrons. The summed E-state index contributed by atoms with van der Waals surface area (Å²) in [5.74, 6) is -0.250. The van der Waals surface area contributed by atoms with Gasteiger partial charge < -0.3 is 14.2 Å². The van der Waals surface area contributed by atoms with Crippen LogP contribution in [-0.4, -0.2) is 38.9 Å². The second-order valence-electron chi connectivity index (χ2n) is 2.90. The van der Waals surface area contributed by atoms with E-state index in [-0.39, 0.29) is 18.3 Å². The molecule has 6 heteroatoms. The quantitative estimate of drug-likeness (QED) is 0.388. The topological polar surface area (TPSA) is 47.6 Å². The molecule has 0 saturated carbocycles. The van der Waals surface area contributed by atoms with Crippen LogP contribution < -0.4 is 5.32 Å². The highest BCUT2D eigenvalue weighted by Gasteiger charge is 2.13. The number of carbonyl (C=O) groups is 1. The molecular weight excluding hydrogens is 201 g/mol. The molecule has 0 aliphatic heterocycles. The van der Waals surface area contributed by atoms with Gasteiger partial charge in [0.15, 0.2) is 6.23 Å². The van der Waals surface area contributed by atoms with Crippen molar-refractivity contribution in [1.29, 1.82) is 0 Å². The molecule has 0 rings (SSSR count). The molecule has 0 saturated heterocycles. The van der Waals surface area contributed by atoms with Crippen molar-refractivity contribution < 1.29 is 13.7 Å². The zero-order chi connectivity index (χ0) is 11.0. The van der Waals surface area contributed by atoms with Crippen LogP contribution in [0.25, 0.3) is 0 Å². The van der Waals surface area contributed by atoms with Gasteiger partial charge in [-0.2, -0.15) is 0 Å². The Bertz CT molecular complexity index is 169. The average Bonchev–Trinajstić information content (AvgIpc) is 2.13. The minimum absolute atomic E-state index is 0.0310. The lowest BCUT2D eigenvalue weighted by Crippen LogP contribution is -2.41. The third-order valence-electron chi connectivity index (χ3n) is 1.28. The van der Waals surface area contributed by atoms with E-state index in [1.807, 2.05) is 13.8 Å². The molecule has 0 aromatic heterocycles. The second-order valence-corrected chi connectivity index (χ2v) is 3.47. The summed E-state index contributed by atoms with van der Waals surface area (Å²) in [6, 6.07) is 0. The van der Waals surface area contributed by atoms with E-state index in [0.717, 1.165) is 0 Å². The molecule has 0 spiro atoms. The lowest BCUT2D eigenvalue weighted by atomic mass is 10.1. The van der Waals surface area contributed by atoms with Crippen molar-refractivity contribution >= 4 is 25.8 Å². The molecule has 0 heterocycles. The molecule has 0 fully saturated rings. The van der Waals surface area contributed by atoms with Crippen molar-refractivity contribution in [3.63, 3.8) is 0 Å². The van der Waals surface area contributed by atoms with Crippen LogP contribution in [0.2, 0.25) is 6.32 Å². The predicted molar refractivity (Wildman–Crippen MR) is 58.2 cm³/mol. The Morgan fingerprint density at radius 1 is 1.57 bits per heavy atom. The second kappa shape index (κ2) is 8.14. The van der Waals surface area contributed by atoms with E-state index in [4.69, 9.17) is 16.8 Å². The van der Waals surface area contributed by atoms with E-state index in [1.165, 1.54) is 12.0 Å². The first kappa shape index (κ1) is 13.8. The minimum Gasteiger partial charge on any atom is -0.353 e. The van der Waals surface area contributed by atoms with Crippen LogP contribution in [-0.2, 0) is 13.7 Å². The molecule has 0 aromatic rings. The number of nitrogens with one attached hydrogen (secondary N) is 1. The van der Waals surface area contributed by atoms with Crippen molar-refractivity contribution in [2.45, 2.75) is 32.5 Å². The number of hydrogen-bond acceptors (Lipinski definition) is 4. The van der Waals surface area contributed by atoms with Gasteiger partial charge in [0, 0.05) is 6.26 Å². The van der Waals surface area contributed by atoms with Crippen LogP contribution in [0.3, 0.4) is 0 Å². The average molecular weight is 217 g/mol. The molecule has 0 aromatic carbocycles. The van der Waals surface area contributed by atoms with Crippen LogP contribution >= 0.6 is 12.0 Å². The summed E-state index contributed by atoms with van der Waals surface area (Å²) in [5.41, 5.74) is 0. The maximum atomic E-state index is 11.0.